The van der Waals surface area contributed by atoms with Gasteiger partial charge in [-0.3, -0.25) is 18.2 Å². The molecule has 2 fully saturated rings. The first-order valence-electron chi connectivity index (χ1n) is 13.9. The van der Waals surface area contributed by atoms with Gasteiger partial charge >= 0.3 is 31.3 Å². The van der Waals surface area contributed by atoms with Crippen molar-refractivity contribution in [3.8, 4) is 0 Å². The maximum absolute atomic E-state index is 12.4. The van der Waals surface area contributed by atoms with E-state index in [1.54, 1.807) is 0 Å². The molecule has 0 aromatic carbocycles. The van der Waals surface area contributed by atoms with Gasteiger partial charge < -0.3 is 49.5 Å². The maximum atomic E-state index is 12.4. The fraction of sp³-hybridized carbons (Fsp3) is 0.500. The van der Waals surface area contributed by atoms with Crippen molar-refractivity contribution in [1.29, 1.82) is 0 Å². The number of ether oxygens (including phenoxy) is 2. The third kappa shape index (κ3) is 8.48. The Balaban J connectivity index is 1.01. The van der Waals surface area contributed by atoms with Gasteiger partial charge in [-0.25, -0.2) is 48.2 Å². The number of hydrogen-bond acceptors (Lipinski definition) is 21. The SMILES string of the molecule is O=P(O)(OC[C@H]1O[C@@H](n2cnc3cncnc32)[C@H](O)[C@@H]1O)OP(=O)(O)OP(=O)(O)OP(=O)(O)OC[C@H]1O[C@@H](n2cnc3cncnc32)[C@H](O)[C@@H]1O. The number of rotatable bonds is 14. The van der Waals surface area contributed by atoms with E-state index in [0.29, 0.717) is 11.0 Å². The monoisotopic (exact) mass is 806 g/mol. The average Bonchev–Trinajstić information content (AvgIpc) is 3.79. The topological polar surface area (TPSA) is 382 Å². The van der Waals surface area contributed by atoms with Crippen molar-refractivity contribution >= 4 is 53.6 Å². The van der Waals surface area contributed by atoms with Crippen molar-refractivity contribution in [2.75, 3.05) is 13.2 Å². The minimum atomic E-state index is -6.16. The second-order valence-corrected chi connectivity index (χ2v) is 16.8. The van der Waals surface area contributed by atoms with Crippen LogP contribution in [0.15, 0.2) is 37.7 Å². The summed E-state index contributed by atoms with van der Waals surface area (Å²) in [5, 5.41) is 41.6. The van der Waals surface area contributed by atoms with E-state index >= 15 is 0 Å². The Morgan fingerprint density at radius 1 is 0.588 bits per heavy atom. The highest BCUT2D eigenvalue weighted by Crippen LogP contribution is 2.71. The van der Waals surface area contributed by atoms with Crippen molar-refractivity contribution in [2.24, 2.45) is 0 Å². The normalized spacial score (nSPS) is 31.7. The first-order chi connectivity index (χ1) is 23.9. The van der Waals surface area contributed by atoms with E-state index in [1.807, 2.05) is 0 Å². The van der Waals surface area contributed by atoms with Crippen LogP contribution in [0.1, 0.15) is 12.5 Å². The summed E-state index contributed by atoms with van der Waals surface area (Å²) in [6, 6.07) is 0. The smallest absolute Gasteiger partial charge is 0.387 e. The van der Waals surface area contributed by atoms with Crippen LogP contribution in [0, 0.1) is 0 Å². The van der Waals surface area contributed by atoms with Crippen LogP contribution >= 0.6 is 31.3 Å². The lowest BCUT2D eigenvalue weighted by Gasteiger charge is -2.21. The van der Waals surface area contributed by atoms with E-state index in [1.165, 1.54) is 46.8 Å². The van der Waals surface area contributed by atoms with Crippen LogP contribution in [-0.4, -0.2) is 129 Å². The van der Waals surface area contributed by atoms with Gasteiger partial charge in [0, 0.05) is 0 Å². The lowest BCUT2D eigenvalue weighted by molar-refractivity contribution is -0.0505. The molecule has 4 aromatic heterocycles. The first-order valence-corrected chi connectivity index (χ1v) is 19.9. The summed E-state index contributed by atoms with van der Waals surface area (Å²) in [4.78, 5) is 63.1. The first kappa shape index (κ1) is 38.2. The predicted octanol–water partition coefficient (Wildman–Crippen LogP) is -1.61. The van der Waals surface area contributed by atoms with Crippen LogP contribution in [-0.2, 0) is 49.7 Å². The zero-order valence-corrected chi connectivity index (χ0v) is 28.5. The molecule has 6 heterocycles. The highest BCUT2D eigenvalue weighted by molar-refractivity contribution is 7.69. The van der Waals surface area contributed by atoms with Gasteiger partial charge in [-0.2, -0.15) is 12.9 Å². The van der Waals surface area contributed by atoms with Crippen molar-refractivity contribution < 1.29 is 89.7 Å². The predicted molar refractivity (Wildman–Crippen MR) is 157 cm³/mol. The lowest BCUT2D eigenvalue weighted by Crippen LogP contribution is -2.33. The zero-order chi connectivity index (χ0) is 36.9. The van der Waals surface area contributed by atoms with E-state index in [4.69, 9.17) is 9.47 Å². The molecule has 51 heavy (non-hydrogen) atoms. The molecule has 4 unspecified atom stereocenters. The van der Waals surface area contributed by atoms with Crippen molar-refractivity contribution in [3.05, 3.63) is 37.7 Å². The second kappa shape index (κ2) is 14.3. The Labute approximate surface area is 282 Å². The molecule has 2 saturated heterocycles. The number of hydrogen-bond donors (Lipinski definition) is 8. The number of aliphatic hydroxyl groups excluding tert-OH is 4. The molecule has 0 spiro atoms. The number of imidazole rings is 2. The highest BCUT2D eigenvalue weighted by atomic mass is 31.3. The van der Waals surface area contributed by atoms with Crippen LogP contribution in [0.4, 0.5) is 0 Å². The average molecular weight is 806 g/mol. The van der Waals surface area contributed by atoms with Gasteiger partial charge in [0.15, 0.2) is 23.8 Å². The second-order valence-electron chi connectivity index (χ2n) is 10.6. The Hall–Kier alpha value is -2.58. The van der Waals surface area contributed by atoms with Crippen LogP contribution in [0.25, 0.3) is 22.3 Å². The minimum absolute atomic E-state index is 0.193. The number of nitrogens with zero attached hydrogens (tertiary/aromatic N) is 8. The molecule has 2 aliphatic rings. The largest absolute Gasteiger partial charge is 0.490 e. The van der Waals surface area contributed by atoms with E-state index in [0.717, 1.165) is 0 Å². The summed E-state index contributed by atoms with van der Waals surface area (Å²) < 4.78 is 83.4. The van der Waals surface area contributed by atoms with Crippen LogP contribution in [0.3, 0.4) is 0 Å². The van der Waals surface area contributed by atoms with Gasteiger partial charge in [0.25, 0.3) is 0 Å². The summed E-state index contributed by atoms with van der Waals surface area (Å²) in [6.45, 7) is -2.15. The van der Waals surface area contributed by atoms with Gasteiger partial charge in [0.2, 0.25) is 0 Å². The highest BCUT2D eigenvalue weighted by Gasteiger charge is 2.50. The van der Waals surface area contributed by atoms with Gasteiger partial charge in [-0.05, 0) is 0 Å². The molecule has 6 rings (SSSR count). The summed E-state index contributed by atoms with van der Waals surface area (Å²) in [5.41, 5.74) is 0.987. The number of phosphoric acid groups is 4. The van der Waals surface area contributed by atoms with Crippen molar-refractivity contribution in [3.63, 3.8) is 0 Å². The van der Waals surface area contributed by atoms with Crippen LogP contribution in [0.5, 0.6) is 0 Å². The molecule has 2 aliphatic heterocycles. The van der Waals surface area contributed by atoms with E-state index in [9.17, 15) is 58.3 Å². The number of fused-ring (bicyclic) bond motifs is 2. The Morgan fingerprint density at radius 2 is 0.961 bits per heavy atom. The maximum Gasteiger partial charge on any atom is 0.490 e. The molecule has 27 nitrogen and oxygen atoms in total. The zero-order valence-electron chi connectivity index (χ0n) is 24.9. The summed E-state index contributed by atoms with van der Waals surface area (Å²) in [6.07, 6.45) is -5.17. The van der Waals surface area contributed by atoms with E-state index in [2.05, 4.69) is 51.9 Å². The van der Waals surface area contributed by atoms with E-state index in [-0.39, 0.29) is 11.3 Å². The van der Waals surface area contributed by atoms with Gasteiger partial charge in [0.05, 0.1) is 38.3 Å². The molecule has 280 valence electrons. The Morgan fingerprint density at radius 3 is 1.35 bits per heavy atom. The summed E-state index contributed by atoms with van der Waals surface area (Å²) in [5.74, 6) is 0. The molecule has 0 aliphatic carbocycles. The third-order valence-corrected chi connectivity index (χ3v) is 13.0. The standard InChI is InChI=1S/C20H26N8O19P4/c29-13-11(43-19(15(13)31)27-7-25-9-1-21-5-23-17(9)27)3-41-48(33,34)45-50(37,38)47-51(39,40)46-49(35,36)42-4-12-14(30)16(32)20(44-12)28-8-26-10-2-22-6-24-18(10)28/h1-2,5-8,11-16,19-20,29-32H,3-4H2,(H,33,34)(H,35,36)(H,37,38)(H,39,40)/t11-,12-,13-,14-,15-,16-,19-,20-/m1/s1. The number of aromatic nitrogens is 8. The molecule has 8 N–H and O–H groups in total. The third-order valence-electron chi connectivity index (χ3n) is 7.12. The molecule has 31 heteroatoms. The van der Waals surface area contributed by atoms with Gasteiger partial charge in [-0.1, -0.05) is 0 Å². The summed E-state index contributed by atoms with van der Waals surface area (Å²) in [7, 11) is -23.8. The number of phosphoric ester groups is 2. The minimum Gasteiger partial charge on any atom is -0.387 e. The lowest BCUT2D eigenvalue weighted by atomic mass is 10.1. The Kier molecular flexibility index (Phi) is 10.7. The van der Waals surface area contributed by atoms with Crippen molar-refractivity contribution in [1.82, 2.24) is 39.0 Å². The molecule has 0 bridgehead atoms. The molecule has 4 aromatic rings. The van der Waals surface area contributed by atoms with E-state index < -0.39 is 93.6 Å². The van der Waals surface area contributed by atoms with Crippen LogP contribution < -0.4 is 0 Å². The summed E-state index contributed by atoms with van der Waals surface area (Å²) >= 11 is 0. The molecule has 12 atom stereocenters. The molecule has 0 radical (unpaired) electrons. The van der Waals surface area contributed by atoms with Crippen molar-refractivity contribution in [2.45, 2.75) is 49.1 Å². The van der Waals surface area contributed by atoms with Crippen LogP contribution in [0.2, 0.25) is 0 Å². The molecule has 0 amide bonds. The quantitative estimate of drug-likeness (QED) is 0.0664. The van der Waals surface area contributed by atoms with Gasteiger partial charge in [-0.15, -0.1) is 0 Å². The molecule has 0 saturated carbocycles. The van der Waals surface area contributed by atoms with Gasteiger partial charge in [0.1, 0.15) is 60.3 Å². The fourth-order valence-corrected chi connectivity index (χ4v) is 9.89. The number of aliphatic hydroxyl groups is 4. The molecular weight excluding hydrogens is 780 g/mol. The fourth-order valence-electron chi connectivity index (χ4n) is 4.94. The Bertz CT molecular complexity index is 1940. The molecular formula is C20H26N8O19P4.